The third-order valence-corrected chi connectivity index (χ3v) is 3.25. The lowest BCUT2D eigenvalue weighted by Gasteiger charge is -2.24. The summed E-state index contributed by atoms with van der Waals surface area (Å²) >= 11 is 0. The van der Waals surface area contributed by atoms with E-state index in [0.717, 1.165) is 0 Å². The van der Waals surface area contributed by atoms with Crippen LogP contribution >= 0.6 is 0 Å². The first-order valence-electron chi connectivity index (χ1n) is 6.28. The lowest BCUT2D eigenvalue weighted by atomic mass is 10.1. The Balaban J connectivity index is 2.23. The van der Waals surface area contributed by atoms with E-state index < -0.39 is 4.92 Å². The van der Waals surface area contributed by atoms with Gasteiger partial charge in [0, 0.05) is 31.6 Å². The Morgan fingerprint density at radius 2 is 2.14 bits per heavy atom. The van der Waals surface area contributed by atoms with Crippen molar-refractivity contribution in [2.75, 3.05) is 7.05 Å². The predicted molar refractivity (Wildman–Crippen MR) is 75.6 cm³/mol. The summed E-state index contributed by atoms with van der Waals surface area (Å²) in [5.41, 5.74) is 0.918. The van der Waals surface area contributed by atoms with E-state index in [1.807, 2.05) is 0 Å². The molecule has 108 valence electrons. The number of rotatable bonds is 4. The summed E-state index contributed by atoms with van der Waals surface area (Å²) in [6.45, 7) is 1.80. The van der Waals surface area contributed by atoms with E-state index in [2.05, 4.69) is 9.97 Å². The van der Waals surface area contributed by atoms with Gasteiger partial charge in [0.1, 0.15) is 5.69 Å². The van der Waals surface area contributed by atoms with Crippen molar-refractivity contribution in [3.63, 3.8) is 0 Å². The van der Waals surface area contributed by atoms with Crippen LogP contribution < -0.4 is 0 Å². The molecule has 1 aromatic heterocycles. The van der Waals surface area contributed by atoms with Crippen LogP contribution in [-0.2, 0) is 0 Å². The third kappa shape index (κ3) is 3.19. The number of carbonyl (C=O) groups is 1. The molecule has 1 atom stereocenters. The second-order valence-corrected chi connectivity index (χ2v) is 4.53. The summed E-state index contributed by atoms with van der Waals surface area (Å²) in [6.07, 6.45) is 4.32. The second kappa shape index (κ2) is 6.08. The van der Waals surface area contributed by atoms with Gasteiger partial charge in [-0.2, -0.15) is 0 Å². The molecule has 0 N–H and O–H groups in total. The Morgan fingerprint density at radius 3 is 2.76 bits per heavy atom. The summed E-state index contributed by atoms with van der Waals surface area (Å²) in [6, 6.07) is 5.91. The van der Waals surface area contributed by atoms with E-state index in [1.54, 1.807) is 26.1 Å². The molecule has 0 aliphatic carbocycles. The molecule has 7 nitrogen and oxygen atoms in total. The molecule has 0 spiro atoms. The molecular weight excluding hydrogens is 272 g/mol. The molecule has 1 heterocycles. The number of aromatic nitrogens is 2. The highest BCUT2D eigenvalue weighted by molar-refractivity contribution is 5.92. The molecule has 0 aliphatic heterocycles. The normalized spacial score (nSPS) is 11.7. The quantitative estimate of drug-likeness (QED) is 0.635. The standard InChI is InChI=1S/C14H14N4O3/c1-10(11-4-3-5-12(8-11)18(20)21)17(2)14(19)13-9-15-6-7-16-13/h3-10H,1-2H3. The zero-order chi connectivity index (χ0) is 15.4. The van der Waals surface area contributed by atoms with Gasteiger partial charge in [0.05, 0.1) is 17.2 Å². The number of non-ortho nitro benzene ring substituents is 1. The first-order chi connectivity index (χ1) is 10.0. The van der Waals surface area contributed by atoms with Crippen molar-refractivity contribution >= 4 is 11.6 Å². The van der Waals surface area contributed by atoms with E-state index in [0.29, 0.717) is 5.56 Å². The minimum absolute atomic E-state index is 0.000276. The van der Waals surface area contributed by atoms with Crippen LogP contribution in [-0.4, -0.2) is 32.7 Å². The van der Waals surface area contributed by atoms with Crippen LogP contribution in [0.5, 0.6) is 0 Å². The Bertz CT molecular complexity index is 660. The lowest BCUT2D eigenvalue weighted by Crippen LogP contribution is -2.30. The van der Waals surface area contributed by atoms with Gasteiger partial charge in [0.2, 0.25) is 0 Å². The van der Waals surface area contributed by atoms with Crippen LogP contribution in [0.2, 0.25) is 0 Å². The van der Waals surface area contributed by atoms with Crippen molar-refractivity contribution in [1.29, 1.82) is 0 Å². The molecule has 0 fully saturated rings. The predicted octanol–water partition coefficient (Wildman–Crippen LogP) is 2.22. The SMILES string of the molecule is CC(c1cccc([N+](=O)[O-])c1)N(C)C(=O)c1cnccn1. The van der Waals surface area contributed by atoms with Gasteiger partial charge in [-0.3, -0.25) is 19.9 Å². The van der Waals surface area contributed by atoms with Gasteiger partial charge in [-0.05, 0) is 12.5 Å². The Kier molecular flexibility index (Phi) is 4.22. The fourth-order valence-electron chi connectivity index (χ4n) is 1.89. The second-order valence-electron chi connectivity index (χ2n) is 4.53. The summed E-state index contributed by atoms with van der Waals surface area (Å²) in [5.74, 6) is -0.290. The average Bonchev–Trinajstić information content (AvgIpc) is 2.53. The third-order valence-electron chi connectivity index (χ3n) is 3.25. The van der Waals surface area contributed by atoms with Gasteiger partial charge in [0.25, 0.3) is 11.6 Å². The number of hydrogen-bond acceptors (Lipinski definition) is 5. The van der Waals surface area contributed by atoms with Gasteiger partial charge in [-0.25, -0.2) is 4.98 Å². The van der Waals surface area contributed by atoms with Crippen molar-refractivity contribution in [2.45, 2.75) is 13.0 Å². The van der Waals surface area contributed by atoms with E-state index >= 15 is 0 Å². The maximum atomic E-state index is 12.3. The molecule has 0 bridgehead atoms. The van der Waals surface area contributed by atoms with Gasteiger partial charge in [-0.1, -0.05) is 12.1 Å². The first kappa shape index (κ1) is 14.6. The fourth-order valence-corrected chi connectivity index (χ4v) is 1.89. The van der Waals surface area contributed by atoms with Gasteiger partial charge < -0.3 is 4.90 Å². The van der Waals surface area contributed by atoms with Gasteiger partial charge in [0.15, 0.2) is 0 Å². The van der Waals surface area contributed by atoms with E-state index in [-0.39, 0.29) is 23.3 Å². The molecule has 0 radical (unpaired) electrons. The molecule has 0 saturated carbocycles. The van der Waals surface area contributed by atoms with Crippen LogP contribution in [0.25, 0.3) is 0 Å². The Labute approximate surface area is 121 Å². The molecular formula is C14H14N4O3. The molecule has 2 aromatic rings. The first-order valence-corrected chi connectivity index (χ1v) is 6.28. The zero-order valence-corrected chi connectivity index (χ0v) is 11.6. The molecule has 0 saturated heterocycles. The van der Waals surface area contributed by atoms with Crippen molar-refractivity contribution < 1.29 is 9.72 Å². The van der Waals surface area contributed by atoms with Crippen LogP contribution in [0.3, 0.4) is 0 Å². The summed E-state index contributed by atoms with van der Waals surface area (Å²) in [4.78, 5) is 31.9. The number of nitro groups is 1. The lowest BCUT2D eigenvalue weighted by molar-refractivity contribution is -0.384. The molecule has 1 unspecified atom stereocenters. The highest BCUT2D eigenvalue weighted by atomic mass is 16.6. The van der Waals surface area contributed by atoms with Crippen molar-refractivity contribution in [3.05, 3.63) is 64.2 Å². The number of amides is 1. The molecule has 2 rings (SSSR count). The Hall–Kier alpha value is -2.83. The largest absolute Gasteiger partial charge is 0.334 e. The number of nitro benzene ring substituents is 1. The fraction of sp³-hybridized carbons (Fsp3) is 0.214. The molecule has 7 heteroatoms. The van der Waals surface area contributed by atoms with Crippen molar-refractivity contribution in [1.82, 2.24) is 14.9 Å². The summed E-state index contributed by atoms with van der Waals surface area (Å²) < 4.78 is 0. The molecule has 21 heavy (non-hydrogen) atoms. The highest BCUT2D eigenvalue weighted by Gasteiger charge is 2.21. The number of hydrogen-bond donors (Lipinski definition) is 0. The van der Waals surface area contributed by atoms with E-state index in [9.17, 15) is 14.9 Å². The minimum Gasteiger partial charge on any atom is -0.334 e. The van der Waals surface area contributed by atoms with Crippen LogP contribution in [0.4, 0.5) is 5.69 Å². The molecule has 1 aromatic carbocycles. The number of carbonyl (C=O) groups excluding carboxylic acids is 1. The highest BCUT2D eigenvalue weighted by Crippen LogP contribution is 2.23. The smallest absolute Gasteiger partial charge is 0.274 e. The van der Waals surface area contributed by atoms with Crippen LogP contribution in [0.1, 0.15) is 29.0 Å². The number of benzene rings is 1. The van der Waals surface area contributed by atoms with Crippen molar-refractivity contribution in [3.8, 4) is 0 Å². The summed E-state index contributed by atoms with van der Waals surface area (Å²) in [5, 5.41) is 10.8. The number of nitrogens with zero attached hydrogens (tertiary/aromatic N) is 4. The van der Waals surface area contributed by atoms with Crippen LogP contribution in [0.15, 0.2) is 42.9 Å². The Morgan fingerprint density at radius 1 is 1.38 bits per heavy atom. The summed E-state index contributed by atoms with van der Waals surface area (Å²) in [7, 11) is 1.63. The minimum atomic E-state index is -0.458. The monoisotopic (exact) mass is 286 g/mol. The average molecular weight is 286 g/mol. The van der Waals surface area contributed by atoms with Crippen LogP contribution in [0, 0.1) is 10.1 Å². The van der Waals surface area contributed by atoms with Gasteiger partial charge in [-0.15, -0.1) is 0 Å². The maximum absolute atomic E-state index is 12.3. The van der Waals surface area contributed by atoms with E-state index in [4.69, 9.17) is 0 Å². The van der Waals surface area contributed by atoms with Crippen molar-refractivity contribution in [2.24, 2.45) is 0 Å². The van der Waals surface area contributed by atoms with E-state index in [1.165, 1.54) is 35.6 Å². The molecule has 1 amide bonds. The van der Waals surface area contributed by atoms with Gasteiger partial charge >= 0.3 is 0 Å². The zero-order valence-electron chi connectivity index (χ0n) is 11.6. The molecule has 0 aliphatic rings. The topological polar surface area (TPSA) is 89.2 Å². The maximum Gasteiger partial charge on any atom is 0.274 e.